The van der Waals surface area contributed by atoms with Crippen LogP contribution in [0.1, 0.15) is 35.1 Å². The fourth-order valence-corrected chi connectivity index (χ4v) is 3.15. The molecule has 0 aliphatic heterocycles. The zero-order valence-electron chi connectivity index (χ0n) is 18.7. The molecule has 0 atom stereocenters. The van der Waals surface area contributed by atoms with E-state index in [9.17, 15) is 13.2 Å². The predicted octanol–water partition coefficient (Wildman–Crippen LogP) is 6.17. The fourth-order valence-electron chi connectivity index (χ4n) is 3.15. The van der Waals surface area contributed by atoms with Gasteiger partial charge in [0.25, 0.3) is 0 Å². The van der Waals surface area contributed by atoms with Crippen molar-refractivity contribution >= 4 is 35.9 Å². The van der Waals surface area contributed by atoms with Crippen LogP contribution in [0.4, 0.5) is 30.9 Å². The van der Waals surface area contributed by atoms with E-state index < -0.39 is 11.7 Å². The van der Waals surface area contributed by atoms with Gasteiger partial charge < -0.3 is 10.6 Å². The maximum absolute atomic E-state index is 13.0. The fraction of sp³-hybridized carbons (Fsp3) is 0.120. The van der Waals surface area contributed by atoms with Crippen LogP contribution < -0.4 is 10.6 Å². The van der Waals surface area contributed by atoms with E-state index in [4.69, 9.17) is 0 Å². The summed E-state index contributed by atoms with van der Waals surface area (Å²) in [5, 5.41) is 13.2. The SMILES string of the molecule is C/C=C/c1cc(Nc2nc(/C=C/c3cccc(C(F)(F)F)c3)nc(NCc3ccccc3)n2)n[nH]1. The summed E-state index contributed by atoms with van der Waals surface area (Å²) in [6.45, 7) is 2.38. The summed E-state index contributed by atoms with van der Waals surface area (Å²) in [7, 11) is 0. The van der Waals surface area contributed by atoms with Crippen LogP contribution in [0, 0.1) is 0 Å². The van der Waals surface area contributed by atoms with Crippen molar-refractivity contribution < 1.29 is 13.2 Å². The normalized spacial score (nSPS) is 11.9. The van der Waals surface area contributed by atoms with Crippen LogP contribution in [0.5, 0.6) is 0 Å². The van der Waals surface area contributed by atoms with Crippen molar-refractivity contribution in [3.05, 3.63) is 94.9 Å². The maximum atomic E-state index is 13.0. The van der Waals surface area contributed by atoms with Crippen molar-refractivity contribution in [1.82, 2.24) is 25.1 Å². The molecule has 3 N–H and O–H groups in total. The summed E-state index contributed by atoms with van der Waals surface area (Å²) >= 11 is 0. The highest BCUT2D eigenvalue weighted by Crippen LogP contribution is 2.29. The van der Waals surface area contributed by atoms with Crippen LogP contribution in [0.25, 0.3) is 18.2 Å². The van der Waals surface area contributed by atoms with Gasteiger partial charge in [-0.05, 0) is 42.3 Å². The molecule has 0 amide bonds. The summed E-state index contributed by atoms with van der Waals surface area (Å²) < 4.78 is 39.1. The van der Waals surface area contributed by atoms with E-state index in [-0.39, 0.29) is 11.8 Å². The molecule has 0 radical (unpaired) electrons. The Morgan fingerprint density at radius 3 is 2.46 bits per heavy atom. The Labute approximate surface area is 199 Å². The Morgan fingerprint density at radius 2 is 1.69 bits per heavy atom. The number of alkyl halides is 3. The van der Waals surface area contributed by atoms with Crippen molar-refractivity contribution in [3.8, 4) is 0 Å². The van der Waals surface area contributed by atoms with Crippen LogP contribution in [0.2, 0.25) is 0 Å². The highest BCUT2D eigenvalue weighted by molar-refractivity contribution is 5.68. The second-order valence-corrected chi connectivity index (χ2v) is 7.47. The highest BCUT2D eigenvalue weighted by atomic mass is 19.4. The van der Waals surface area contributed by atoms with Gasteiger partial charge in [0.15, 0.2) is 11.6 Å². The zero-order valence-corrected chi connectivity index (χ0v) is 18.7. The number of hydrogen-bond acceptors (Lipinski definition) is 6. The Bertz CT molecular complexity index is 1330. The van der Waals surface area contributed by atoms with E-state index in [2.05, 4.69) is 35.8 Å². The van der Waals surface area contributed by atoms with Crippen molar-refractivity contribution in [2.45, 2.75) is 19.6 Å². The molecule has 4 rings (SSSR count). The number of hydrogen-bond donors (Lipinski definition) is 3. The molecular weight excluding hydrogens is 455 g/mol. The number of benzene rings is 2. The largest absolute Gasteiger partial charge is 0.416 e. The van der Waals surface area contributed by atoms with Gasteiger partial charge >= 0.3 is 6.18 Å². The second kappa shape index (κ2) is 10.6. The van der Waals surface area contributed by atoms with Crippen LogP contribution in [0.15, 0.2) is 66.7 Å². The number of H-pyrrole nitrogens is 1. The minimum atomic E-state index is -4.42. The van der Waals surface area contributed by atoms with Crippen molar-refractivity contribution in [2.75, 3.05) is 10.6 Å². The van der Waals surface area contributed by atoms with Gasteiger partial charge in [-0.2, -0.15) is 33.2 Å². The first-order chi connectivity index (χ1) is 16.9. The number of aromatic amines is 1. The van der Waals surface area contributed by atoms with Gasteiger partial charge in [-0.25, -0.2) is 0 Å². The lowest BCUT2D eigenvalue weighted by Crippen LogP contribution is -2.08. The molecule has 2 heterocycles. The molecule has 7 nitrogen and oxygen atoms in total. The zero-order chi connectivity index (χ0) is 24.7. The van der Waals surface area contributed by atoms with Crippen LogP contribution >= 0.6 is 0 Å². The number of nitrogens with one attached hydrogen (secondary N) is 3. The van der Waals surface area contributed by atoms with Crippen molar-refractivity contribution in [2.24, 2.45) is 0 Å². The summed E-state index contributed by atoms with van der Waals surface area (Å²) in [5.41, 5.74) is 1.48. The summed E-state index contributed by atoms with van der Waals surface area (Å²) in [6, 6.07) is 16.5. The van der Waals surface area contributed by atoms with Crippen molar-refractivity contribution in [3.63, 3.8) is 0 Å². The third kappa shape index (κ3) is 6.76. The average molecular weight is 477 g/mol. The lowest BCUT2D eigenvalue weighted by atomic mass is 10.1. The molecule has 4 aromatic rings. The van der Waals surface area contributed by atoms with Gasteiger partial charge in [0.1, 0.15) is 0 Å². The third-order valence-electron chi connectivity index (χ3n) is 4.77. The van der Waals surface area contributed by atoms with E-state index in [0.29, 0.717) is 23.9 Å². The Kier molecular flexibility index (Phi) is 7.20. The summed E-state index contributed by atoms with van der Waals surface area (Å²) in [4.78, 5) is 13.2. The average Bonchev–Trinajstić information content (AvgIpc) is 3.28. The molecule has 10 heteroatoms. The minimum absolute atomic E-state index is 0.234. The number of rotatable bonds is 8. The van der Waals surface area contributed by atoms with E-state index >= 15 is 0 Å². The standard InChI is InChI=1S/C25H22F3N7/c1-2-7-20-15-22(35-34-20)32-24-31-21(13-12-17-10-6-11-19(14-17)25(26,27)28)30-23(33-24)29-16-18-8-4-3-5-9-18/h2-15H,16H2,1H3,(H3,29,30,31,32,33,34,35)/b7-2+,13-12+. The predicted molar refractivity (Wildman–Crippen MR) is 131 cm³/mol. The van der Waals surface area contributed by atoms with Crippen molar-refractivity contribution in [1.29, 1.82) is 0 Å². The molecule has 0 fully saturated rings. The van der Waals surface area contributed by atoms with Crippen LogP contribution in [-0.2, 0) is 12.7 Å². The first-order valence-electron chi connectivity index (χ1n) is 10.7. The molecule has 35 heavy (non-hydrogen) atoms. The molecule has 0 bridgehead atoms. The number of halogens is 3. The molecule has 0 saturated heterocycles. The Morgan fingerprint density at radius 1 is 0.886 bits per heavy atom. The Balaban J connectivity index is 1.60. The van der Waals surface area contributed by atoms with Crippen LogP contribution in [-0.4, -0.2) is 25.1 Å². The number of allylic oxidation sites excluding steroid dienone is 1. The van der Waals surface area contributed by atoms with Gasteiger partial charge in [-0.1, -0.05) is 54.6 Å². The van der Waals surface area contributed by atoms with Gasteiger partial charge in [0, 0.05) is 12.6 Å². The van der Waals surface area contributed by atoms with E-state index in [0.717, 1.165) is 23.4 Å². The smallest absolute Gasteiger partial charge is 0.350 e. The van der Waals surface area contributed by atoms with E-state index in [1.807, 2.05) is 49.4 Å². The maximum Gasteiger partial charge on any atom is 0.416 e. The summed E-state index contributed by atoms with van der Waals surface area (Å²) in [5.74, 6) is 1.31. The number of nitrogens with zero attached hydrogens (tertiary/aromatic N) is 4. The van der Waals surface area contributed by atoms with Gasteiger partial charge in [-0.3, -0.25) is 5.10 Å². The monoisotopic (exact) mass is 477 g/mol. The van der Waals surface area contributed by atoms with E-state index in [1.54, 1.807) is 12.1 Å². The molecule has 178 valence electrons. The number of aromatic nitrogens is 5. The molecule has 0 unspecified atom stereocenters. The molecule has 2 aromatic heterocycles. The minimum Gasteiger partial charge on any atom is -0.350 e. The molecule has 0 aliphatic rings. The first kappa shape index (κ1) is 23.7. The van der Waals surface area contributed by atoms with Gasteiger partial charge in [0.05, 0.1) is 11.3 Å². The third-order valence-corrected chi connectivity index (χ3v) is 4.77. The lowest BCUT2D eigenvalue weighted by molar-refractivity contribution is -0.137. The Hall–Kier alpha value is -4.47. The topological polar surface area (TPSA) is 91.4 Å². The summed E-state index contributed by atoms with van der Waals surface area (Å²) in [6.07, 6.45) is 2.38. The van der Waals surface area contributed by atoms with Crippen LogP contribution in [0.3, 0.4) is 0 Å². The molecular formula is C25H22F3N7. The second-order valence-electron chi connectivity index (χ2n) is 7.47. The molecule has 0 saturated carbocycles. The first-order valence-corrected chi connectivity index (χ1v) is 10.7. The molecule has 0 spiro atoms. The van der Waals surface area contributed by atoms with E-state index in [1.165, 1.54) is 18.2 Å². The quantitative estimate of drug-likeness (QED) is 0.281. The molecule has 0 aliphatic carbocycles. The lowest BCUT2D eigenvalue weighted by Gasteiger charge is -2.08. The highest BCUT2D eigenvalue weighted by Gasteiger charge is 2.30. The number of anilines is 3. The molecule has 2 aromatic carbocycles. The van der Waals surface area contributed by atoms with Gasteiger partial charge in [-0.15, -0.1) is 0 Å². The van der Waals surface area contributed by atoms with Gasteiger partial charge in [0.2, 0.25) is 11.9 Å².